The van der Waals surface area contributed by atoms with Crippen molar-refractivity contribution >= 4 is 5.84 Å². The van der Waals surface area contributed by atoms with Crippen molar-refractivity contribution in [2.75, 3.05) is 0 Å². The third kappa shape index (κ3) is 1.35. The highest BCUT2D eigenvalue weighted by Gasteiger charge is 2.32. The normalized spacial score (nSPS) is 41.8. The average Bonchev–Trinajstić information content (AvgIpc) is 2.04. The molecule has 2 heteroatoms. The fourth-order valence-electron chi connectivity index (χ4n) is 2.71. The molecule has 0 unspecified atom stereocenters. The molecule has 0 saturated heterocycles. The summed E-state index contributed by atoms with van der Waals surface area (Å²) >= 11 is 0. The molecule has 2 rings (SSSR count). The van der Waals surface area contributed by atoms with Crippen molar-refractivity contribution in [3.63, 3.8) is 0 Å². The molecule has 0 radical (unpaired) electrons. The molecule has 3 atom stereocenters. The highest BCUT2D eigenvalue weighted by Crippen LogP contribution is 2.36. The van der Waals surface area contributed by atoms with Crippen LogP contribution in [0.15, 0.2) is 4.99 Å². The van der Waals surface area contributed by atoms with Gasteiger partial charge in [0.05, 0.1) is 11.9 Å². The Bertz CT molecular complexity index is 198. The van der Waals surface area contributed by atoms with E-state index in [-0.39, 0.29) is 0 Å². The fourth-order valence-corrected chi connectivity index (χ4v) is 2.71. The highest BCUT2D eigenvalue weighted by atomic mass is 14.9. The maximum atomic E-state index is 5.78. The van der Waals surface area contributed by atoms with Gasteiger partial charge in [-0.05, 0) is 24.7 Å². The van der Waals surface area contributed by atoms with Crippen molar-refractivity contribution in [3.05, 3.63) is 0 Å². The quantitative estimate of drug-likeness (QED) is 0.587. The summed E-state index contributed by atoms with van der Waals surface area (Å²) in [4.78, 5) is 4.55. The lowest BCUT2D eigenvalue weighted by Crippen LogP contribution is -2.37. The SMILES string of the molecule is C[C@H]1CC(N)=N[C@@H]2CCCC[C@H]12. The third-order valence-electron chi connectivity index (χ3n) is 3.38. The van der Waals surface area contributed by atoms with Gasteiger partial charge in [-0.3, -0.25) is 4.99 Å². The zero-order valence-corrected chi connectivity index (χ0v) is 7.79. The average molecular weight is 166 g/mol. The Balaban J connectivity index is 2.14. The molecular formula is C10H18N2. The Hall–Kier alpha value is -0.530. The van der Waals surface area contributed by atoms with Crippen LogP contribution in [0.2, 0.25) is 0 Å². The minimum Gasteiger partial charge on any atom is -0.387 e. The molecule has 0 bridgehead atoms. The molecule has 2 N–H and O–H groups in total. The molecule has 0 aromatic heterocycles. The van der Waals surface area contributed by atoms with Crippen LogP contribution in [0.4, 0.5) is 0 Å². The van der Waals surface area contributed by atoms with Gasteiger partial charge in [0.25, 0.3) is 0 Å². The van der Waals surface area contributed by atoms with Crippen molar-refractivity contribution in [1.29, 1.82) is 0 Å². The van der Waals surface area contributed by atoms with Crippen molar-refractivity contribution in [2.45, 2.75) is 45.1 Å². The van der Waals surface area contributed by atoms with Gasteiger partial charge in [-0.15, -0.1) is 0 Å². The molecule has 12 heavy (non-hydrogen) atoms. The summed E-state index contributed by atoms with van der Waals surface area (Å²) in [6.45, 7) is 2.32. The second-order valence-corrected chi connectivity index (χ2v) is 4.32. The molecule has 1 heterocycles. The van der Waals surface area contributed by atoms with Crippen LogP contribution in [0.1, 0.15) is 39.0 Å². The van der Waals surface area contributed by atoms with Crippen LogP contribution in [0.5, 0.6) is 0 Å². The molecule has 2 nitrogen and oxygen atoms in total. The van der Waals surface area contributed by atoms with E-state index in [0.717, 1.165) is 24.1 Å². The first-order valence-corrected chi connectivity index (χ1v) is 5.09. The number of hydrogen-bond donors (Lipinski definition) is 1. The minimum atomic E-state index is 0.572. The number of hydrogen-bond acceptors (Lipinski definition) is 2. The van der Waals surface area contributed by atoms with Gasteiger partial charge in [0, 0.05) is 6.42 Å². The smallest absolute Gasteiger partial charge is 0.0943 e. The zero-order chi connectivity index (χ0) is 8.55. The van der Waals surface area contributed by atoms with E-state index in [4.69, 9.17) is 5.73 Å². The molecule has 2 aliphatic rings. The van der Waals surface area contributed by atoms with Crippen molar-refractivity contribution < 1.29 is 0 Å². The maximum absolute atomic E-state index is 5.78. The van der Waals surface area contributed by atoms with Crippen LogP contribution >= 0.6 is 0 Å². The predicted molar refractivity (Wildman–Crippen MR) is 51.1 cm³/mol. The predicted octanol–water partition coefficient (Wildman–Crippen LogP) is 1.94. The Kier molecular flexibility index (Phi) is 2.07. The van der Waals surface area contributed by atoms with Gasteiger partial charge < -0.3 is 5.73 Å². The van der Waals surface area contributed by atoms with E-state index in [9.17, 15) is 0 Å². The van der Waals surface area contributed by atoms with Crippen LogP contribution in [0.3, 0.4) is 0 Å². The van der Waals surface area contributed by atoms with E-state index in [0.29, 0.717) is 6.04 Å². The highest BCUT2D eigenvalue weighted by molar-refractivity contribution is 5.81. The summed E-state index contributed by atoms with van der Waals surface area (Å²) in [6.07, 6.45) is 6.44. The summed E-state index contributed by atoms with van der Waals surface area (Å²) in [5.74, 6) is 2.50. The molecule has 1 aliphatic carbocycles. The molecule has 0 amide bonds. The monoisotopic (exact) mass is 166 g/mol. The van der Waals surface area contributed by atoms with E-state index >= 15 is 0 Å². The molecule has 0 aromatic carbocycles. The fraction of sp³-hybridized carbons (Fsp3) is 0.900. The Labute approximate surface area is 74.2 Å². The first-order chi connectivity index (χ1) is 5.77. The number of fused-ring (bicyclic) bond motifs is 1. The van der Waals surface area contributed by atoms with E-state index in [1.807, 2.05) is 0 Å². The lowest BCUT2D eigenvalue weighted by Gasteiger charge is -2.37. The first-order valence-electron chi connectivity index (χ1n) is 5.09. The first kappa shape index (κ1) is 8.09. The largest absolute Gasteiger partial charge is 0.387 e. The zero-order valence-electron chi connectivity index (χ0n) is 7.79. The second-order valence-electron chi connectivity index (χ2n) is 4.32. The van der Waals surface area contributed by atoms with Gasteiger partial charge in [-0.2, -0.15) is 0 Å². The molecule has 0 spiro atoms. The van der Waals surface area contributed by atoms with E-state index < -0.39 is 0 Å². The Morgan fingerprint density at radius 2 is 2.08 bits per heavy atom. The summed E-state index contributed by atoms with van der Waals surface area (Å²) in [5.41, 5.74) is 5.78. The van der Waals surface area contributed by atoms with Crippen LogP contribution in [0, 0.1) is 11.8 Å². The van der Waals surface area contributed by atoms with Crippen LogP contribution in [0.25, 0.3) is 0 Å². The molecule has 1 fully saturated rings. The van der Waals surface area contributed by atoms with Gasteiger partial charge in [-0.25, -0.2) is 0 Å². The Morgan fingerprint density at radius 1 is 1.33 bits per heavy atom. The van der Waals surface area contributed by atoms with E-state index in [1.54, 1.807) is 0 Å². The Morgan fingerprint density at radius 3 is 2.92 bits per heavy atom. The van der Waals surface area contributed by atoms with Gasteiger partial charge in [0.1, 0.15) is 0 Å². The molecular weight excluding hydrogens is 148 g/mol. The number of nitrogens with two attached hydrogens (primary N) is 1. The van der Waals surface area contributed by atoms with Crippen molar-refractivity contribution in [2.24, 2.45) is 22.6 Å². The van der Waals surface area contributed by atoms with Gasteiger partial charge >= 0.3 is 0 Å². The summed E-state index contributed by atoms with van der Waals surface area (Å²) in [6, 6.07) is 0.572. The van der Waals surface area contributed by atoms with E-state index in [1.165, 1.54) is 25.7 Å². The number of amidine groups is 1. The van der Waals surface area contributed by atoms with Crippen molar-refractivity contribution in [1.82, 2.24) is 0 Å². The molecule has 68 valence electrons. The van der Waals surface area contributed by atoms with Crippen LogP contribution in [-0.2, 0) is 0 Å². The molecule has 1 saturated carbocycles. The van der Waals surface area contributed by atoms with Crippen LogP contribution < -0.4 is 5.73 Å². The summed E-state index contributed by atoms with van der Waals surface area (Å²) in [7, 11) is 0. The minimum absolute atomic E-state index is 0.572. The van der Waals surface area contributed by atoms with Gasteiger partial charge in [0.15, 0.2) is 0 Å². The lowest BCUT2D eigenvalue weighted by molar-refractivity contribution is 0.220. The number of nitrogens with zero attached hydrogens (tertiary/aromatic N) is 1. The molecule has 0 aromatic rings. The van der Waals surface area contributed by atoms with E-state index in [2.05, 4.69) is 11.9 Å². The van der Waals surface area contributed by atoms with Crippen LogP contribution in [-0.4, -0.2) is 11.9 Å². The summed E-state index contributed by atoms with van der Waals surface area (Å²) in [5, 5.41) is 0. The molecule has 1 aliphatic heterocycles. The number of aliphatic imine (C=N–C) groups is 1. The number of rotatable bonds is 0. The van der Waals surface area contributed by atoms with Gasteiger partial charge in [-0.1, -0.05) is 19.8 Å². The second kappa shape index (κ2) is 3.08. The lowest BCUT2D eigenvalue weighted by atomic mass is 9.74. The maximum Gasteiger partial charge on any atom is 0.0943 e. The van der Waals surface area contributed by atoms with Gasteiger partial charge in [0.2, 0.25) is 0 Å². The topological polar surface area (TPSA) is 38.4 Å². The standard InChI is InChI=1S/C10H18N2/c1-7-6-10(11)12-9-5-3-2-4-8(7)9/h7-9H,2-6H2,1H3,(H2,11,12)/t7-,8+,9+/m0/s1. The third-order valence-corrected chi connectivity index (χ3v) is 3.38. The summed E-state index contributed by atoms with van der Waals surface area (Å²) < 4.78 is 0. The van der Waals surface area contributed by atoms with Crippen molar-refractivity contribution in [3.8, 4) is 0 Å².